The molecule has 0 spiro atoms. The van der Waals surface area contributed by atoms with E-state index in [-0.39, 0.29) is 30.2 Å². The summed E-state index contributed by atoms with van der Waals surface area (Å²) in [6.45, 7) is -0.0173. The van der Waals surface area contributed by atoms with Gasteiger partial charge in [0.05, 0.1) is 18.4 Å². The smallest absolute Gasteiger partial charge is 0.352 e. The van der Waals surface area contributed by atoms with Gasteiger partial charge in [-0.1, -0.05) is 6.07 Å². The van der Waals surface area contributed by atoms with Crippen LogP contribution in [-0.4, -0.2) is 57.1 Å². The van der Waals surface area contributed by atoms with E-state index >= 15 is 0 Å². The van der Waals surface area contributed by atoms with Crippen LogP contribution in [0.3, 0.4) is 0 Å². The predicted octanol–water partition coefficient (Wildman–Crippen LogP) is 1.11. The molecule has 1 aromatic carbocycles. The number of nitrogens with zero attached hydrogens (tertiary/aromatic N) is 1. The second-order valence-electron chi connectivity index (χ2n) is 5.65. The Kier molecular flexibility index (Phi) is 4.77. The van der Waals surface area contributed by atoms with E-state index in [1.165, 1.54) is 23.1 Å². The van der Waals surface area contributed by atoms with Gasteiger partial charge in [-0.05, 0) is 12.1 Å². The third-order valence-corrected chi connectivity index (χ3v) is 6.93. The summed E-state index contributed by atoms with van der Waals surface area (Å²) in [4.78, 5) is 24.8. The van der Waals surface area contributed by atoms with Crippen LogP contribution < -0.4 is 4.74 Å². The number of halogens is 1. The summed E-state index contributed by atoms with van der Waals surface area (Å²) in [5.74, 6) is -0.461. The Morgan fingerprint density at radius 3 is 2.88 bits per heavy atom. The number of rotatable bonds is 6. The van der Waals surface area contributed by atoms with Gasteiger partial charge in [-0.15, -0.1) is 0 Å². The molecular weight excluding hydrogens is 337 g/mol. The molecule has 1 aromatic rings. The lowest BCUT2D eigenvalue weighted by molar-refractivity contribution is -0.146. The van der Waals surface area contributed by atoms with Gasteiger partial charge >= 0.3 is 5.97 Å². The van der Waals surface area contributed by atoms with Gasteiger partial charge in [-0.25, -0.2) is 20.1 Å². The van der Waals surface area contributed by atoms with Gasteiger partial charge in [-0.2, -0.15) is 0 Å². The Bertz CT molecular complexity index is 707. The molecule has 2 N–H and O–H groups in total. The van der Waals surface area contributed by atoms with E-state index in [1.807, 2.05) is 0 Å². The van der Waals surface area contributed by atoms with E-state index in [2.05, 4.69) is 0 Å². The number of carboxylic acids is 1. The Labute approximate surface area is 140 Å². The van der Waals surface area contributed by atoms with Crippen molar-refractivity contribution in [3.63, 3.8) is 0 Å². The number of β-lactam (4-membered cyclic amide) rings is 1. The average molecular weight is 355 g/mol. The molecule has 2 atom stereocenters. The second-order valence-corrected chi connectivity index (χ2v) is 8.18. The number of aliphatic carboxylic acids is 1. The van der Waals surface area contributed by atoms with Gasteiger partial charge in [0.15, 0.2) is 0 Å². The van der Waals surface area contributed by atoms with Crippen molar-refractivity contribution in [3.05, 3.63) is 41.4 Å². The van der Waals surface area contributed by atoms with Crippen molar-refractivity contribution < 1.29 is 28.9 Å². The lowest BCUT2D eigenvalue weighted by Crippen LogP contribution is -2.56. The fraction of sp³-hybridized carbons (Fsp3) is 0.375. The number of carbonyl (C=O) groups excluding carboxylic acids is 1. The van der Waals surface area contributed by atoms with Crippen LogP contribution in [0.1, 0.15) is 6.42 Å². The number of amides is 1. The largest absolute Gasteiger partial charge is 0.489 e. The first-order valence-electron chi connectivity index (χ1n) is 7.52. The number of carbonyl (C=O) groups is 2. The van der Waals surface area contributed by atoms with Crippen LogP contribution in [0, 0.1) is 5.82 Å². The van der Waals surface area contributed by atoms with Crippen LogP contribution in [0.15, 0.2) is 35.5 Å². The number of hydrogen-bond acceptors (Lipinski definition) is 4. The number of aliphatic hydroxyl groups is 1. The van der Waals surface area contributed by atoms with Crippen molar-refractivity contribution in [2.45, 2.75) is 11.8 Å². The third kappa shape index (κ3) is 3.11. The summed E-state index contributed by atoms with van der Waals surface area (Å²) >= 11 is 0. The summed E-state index contributed by atoms with van der Waals surface area (Å²) in [6, 6.07) is 5.60. The van der Waals surface area contributed by atoms with Crippen molar-refractivity contribution in [3.8, 4) is 5.75 Å². The molecule has 24 heavy (non-hydrogen) atoms. The fourth-order valence-corrected chi connectivity index (χ4v) is 5.65. The van der Waals surface area contributed by atoms with Crippen molar-refractivity contribution in [1.29, 1.82) is 0 Å². The molecule has 3 rings (SSSR count). The second kappa shape index (κ2) is 6.82. The van der Waals surface area contributed by atoms with E-state index in [9.17, 15) is 24.2 Å². The van der Waals surface area contributed by atoms with Crippen LogP contribution in [-0.2, 0) is 9.59 Å². The molecule has 1 fully saturated rings. The van der Waals surface area contributed by atoms with Crippen molar-refractivity contribution in [2.75, 3.05) is 24.7 Å². The molecule has 130 valence electrons. The van der Waals surface area contributed by atoms with Crippen molar-refractivity contribution in [2.24, 2.45) is 0 Å². The zero-order chi connectivity index (χ0) is 17.3. The van der Waals surface area contributed by atoms with Crippen LogP contribution in [0.25, 0.3) is 0 Å². The number of carboxylic acid groups (broad SMARTS) is 1. The summed E-state index contributed by atoms with van der Waals surface area (Å²) < 4.78 is 18.7. The summed E-state index contributed by atoms with van der Waals surface area (Å²) in [6.07, 6.45) is 0.334. The predicted molar refractivity (Wildman–Crippen MR) is 87.6 cm³/mol. The van der Waals surface area contributed by atoms with Crippen molar-refractivity contribution >= 4 is 22.8 Å². The SMILES string of the molecule is O=C(O)C1=C(COc2cccc(F)c2)C[SH](CCO)C2CC(=O)N12. The molecule has 0 aliphatic carbocycles. The van der Waals surface area contributed by atoms with E-state index in [0.29, 0.717) is 29.2 Å². The maximum Gasteiger partial charge on any atom is 0.352 e. The Hall–Kier alpha value is -2.06. The summed E-state index contributed by atoms with van der Waals surface area (Å²) in [5.41, 5.74) is 0.486. The quantitative estimate of drug-likeness (QED) is 0.526. The first kappa shape index (κ1) is 16.8. The van der Waals surface area contributed by atoms with E-state index in [4.69, 9.17) is 4.74 Å². The third-order valence-electron chi connectivity index (χ3n) is 4.11. The van der Waals surface area contributed by atoms with Crippen LogP contribution in [0.5, 0.6) is 5.75 Å². The van der Waals surface area contributed by atoms with Crippen LogP contribution in [0.4, 0.5) is 4.39 Å². The Morgan fingerprint density at radius 2 is 2.25 bits per heavy atom. The lowest BCUT2D eigenvalue weighted by Gasteiger charge is -2.50. The molecule has 2 unspecified atom stereocenters. The zero-order valence-electron chi connectivity index (χ0n) is 12.8. The van der Waals surface area contributed by atoms with Gasteiger partial charge in [0, 0.05) is 23.1 Å². The molecule has 8 heteroatoms. The van der Waals surface area contributed by atoms with Gasteiger partial charge in [0.2, 0.25) is 5.91 Å². The molecular formula is C16H18FNO5S. The van der Waals surface area contributed by atoms with E-state index in [1.54, 1.807) is 6.07 Å². The maximum absolute atomic E-state index is 13.2. The first-order valence-corrected chi connectivity index (χ1v) is 9.30. The molecule has 2 heterocycles. The van der Waals surface area contributed by atoms with E-state index < -0.39 is 22.7 Å². The van der Waals surface area contributed by atoms with Gasteiger partial charge < -0.3 is 14.9 Å². The molecule has 2 aliphatic rings. The lowest BCUT2D eigenvalue weighted by atomic mass is 10.1. The zero-order valence-corrected chi connectivity index (χ0v) is 13.7. The minimum atomic E-state index is -1.16. The number of hydrogen-bond donors (Lipinski definition) is 3. The Morgan fingerprint density at radius 1 is 1.46 bits per heavy atom. The highest BCUT2D eigenvalue weighted by atomic mass is 32.2. The number of benzene rings is 1. The number of aliphatic hydroxyl groups excluding tert-OH is 1. The van der Waals surface area contributed by atoms with E-state index in [0.717, 1.165) is 0 Å². The van der Waals surface area contributed by atoms with Crippen LogP contribution >= 0.6 is 10.9 Å². The normalized spacial score (nSPS) is 24.4. The first-order chi connectivity index (χ1) is 11.5. The molecule has 2 aliphatic heterocycles. The van der Waals surface area contributed by atoms with Gasteiger partial charge in [0.25, 0.3) is 0 Å². The highest BCUT2D eigenvalue weighted by Crippen LogP contribution is 2.49. The topological polar surface area (TPSA) is 87.1 Å². The maximum atomic E-state index is 13.2. The highest BCUT2D eigenvalue weighted by Gasteiger charge is 2.47. The number of ether oxygens (including phenoxy) is 1. The molecule has 0 saturated carbocycles. The molecule has 1 saturated heterocycles. The molecule has 0 radical (unpaired) electrons. The average Bonchev–Trinajstić information content (AvgIpc) is 2.53. The molecule has 1 amide bonds. The van der Waals surface area contributed by atoms with Gasteiger partial charge in [0.1, 0.15) is 23.9 Å². The molecule has 6 nitrogen and oxygen atoms in total. The van der Waals surface area contributed by atoms with Crippen LogP contribution in [0.2, 0.25) is 0 Å². The standard InChI is InChI=1S/C16H18FNO5S/c17-11-2-1-3-12(6-11)23-8-10-9-24(5-4-19)14-7-13(20)18(14)15(10)16(21)22/h1-3,6,14,19,24H,4-5,7-9H2,(H,21,22). The Balaban J connectivity index is 1.84. The molecule has 0 bridgehead atoms. The number of thiol groups is 1. The van der Waals surface area contributed by atoms with Crippen molar-refractivity contribution in [1.82, 2.24) is 4.90 Å². The minimum Gasteiger partial charge on any atom is -0.489 e. The van der Waals surface area contributed by atoms with Gasteiger partial charge in [-0.3, -0.25) is 9.69 Å². The fourth-order valence-electron chi connectivity index (χ4n) is 3.01. The summed E-state index contributed by atoms with van der Waals surface area (Å²) in [7, 11) is -0.710. The monoisotopic (exact) mass is 355 g/mol. The highest BCUT2D eigenvalue weighted by molar-refractivity contribution is 8.17. The minimum absolute atomic E-state index is 0.00464. The molecule has 0 aromatic heterocycles. The summed E-state index contributed by atoms with van der Waals surface area (Å²) in [5, 5.41) is 18.6. The number of fused-ring (bicyclic) bond motifs is 1.